The molecule has 0 aliphatic carbocycles. The molecule has 0 bridgehead atoms. The van der Waals surface area contributed by atoms with Crippen LogP contribution in [-0.4, -0.2) is 50.1 Å². The zero-order valence-electron chi connectivity index (χ0n) is 12.4. The van der Waals surface area contributed by atoms with Gasteiger partial charge in [-0.05, 0) is 25.0 Å². The molecule has 1 aromatic carbocycles. The van der Waals surface area contributed by atoms with E-state index in [1.807, 2.05) is 6.07 Å². The van der Waals surface area contributed by atoms with Gasteiger partial charge >= 0.3 is 6.18 Å². The molecule has 1 saturated heterocycles. The van der Waals surface area contributed by atoms with E-state index in [9.17, 15) is 13.2 Å². The van der Waals surface area contributed by atoms with Crippen molar-refractivity contribution in [3.05, 3.63) is 29.3 Å². The average Bonchev–Trinajstić information content (AvgIpc) is 2.39. The molecule has 1 aromatic rings. The smallest absolute Gasteiger partial charge is 0.379 e. The standard InChI is InChI=1S/C15H21F3N2O/c1-11-4-3-5-12(2)14(11)20-8-6-19(7-9-20)10-13(21)15(16,17)18/h3-5,13,21H,6-10H2,1-2H3/p+1/t13-/m0/s1. The molecule has 2 N–H and O–H groups in total. The van der Waals surface area contributed by atoms with Crippen molar-refractivity contribution in [3.63, 3.8) is 0 Å². The van der Waals surface area contributed by atoms with Gasteiger partial charge in [0.1, 0.15) is 6.54 Å². The number of aryl methyl sites for hydroxylation is 2. The van der Waals surface area contributed by atoms with Gasteiger partial charge in [-0.1, -0.05) is 18.2 Å². The van der Waals surface area contributed by atoms with Crippen molar-refractivity contribution < 1.29 is 23.2 Å². The summed E-state index contributed by atoms with van der Waals surface area (Å²) in [6, 6.07) is 6.11. The van der Waals surface area contributed by atoms with Crippen LogP contribution in [0, 0.1) is 13.8 Å². The second-order valence-electron chi connectivity index (χ2n) is 5.74. The predicted molar refractivity (Wildman–Crippen MR) is 75.8 cm³/mol. The first kappa shape index (κ1) is 16.1. The van der Waals surface area contributed by atoms with Gasteiger partial charge in [-0.25, -0.2) is 0 Å². The maximum Gasteiger partial charge on any atom is 0.419 e. The number of benzene rings is 1. The van der Waals surface area contributed by atoms with Crippen LogP contribution in [0.3, 0.4) is 0 Å². The van der Waals surface area contributed by atoms with Gasteiger partial charge < -0.3 is 14.9 Å². The molecule has 0 amide bonds. The zero-order valence-corrected chi connectivity index (χ0v) is 12.4. The third kappa shape index (κ3) is 3.89. The minimum atomic E-state index is -4.52. The highest BCUT2D eigenvalue weighted by Gasteiger charge is 2.41. The molecule has 118 valence electrons. The molecule has 21 heavy (non-hydrogen) atoms. The average molecular weight is 303 g/mol. The maximum atomic E-state index is 12.4. The highest BCUT2D eigenvalue weighted by Crippen LogP contribution is 2.24. The first-order valence-corrected chi connectivity index (χ1v) is 7.18. The Morgan fingerprint density at radius 2 is 1.71 bits per heavy atom. The molecule has 1 aliphatic rings. The minimum absolute atomic E-state index is 0.260. The lowest BCUT2D eigenvalue weighted by molar-refractivity contribution is -0.905. The van der Waals surface area contributed by atoms with E-state index in [1.54, 1.807) is 0 Å². The van der Waals surface area contributed by atoms with Gasteiger partial charge in [0.15, 0.2) is 6.10 Å². The molecule has 1 atom stereocenters. The third-order valence-corrected chi connectivity index (χ3v) is 4.09. The van der Waals surface area contributed by atoms with E-state index in [0.717, 1.165) is 4.90 Å². The largest absolute Gasteiger partial charge is 0.419 e. The number of hydrogen-bond donors (Lipinski definition) is 2. The van der Waals surface area contributed by atoms with Gasteiger partial charge in [0.05, 0.1) is 26.2 Å². The molecule has 1 heterocycles. The Hall–Kier alpha value is -1.27. The highest BCUT2D eigenvalue weighted by atomic mass is 19.4. The van der Waals surface area contributed by atoms with Crippen molar-refractivity contribution in [2.75, 3.05) is 37.6 Å². The lowest BCUT2D eigenvalue weighted by Crippen LogP contribution is -3.16. The topological polar surface area (TPSA) is 27.9 Å². The fraction of sp³-hybridized carbons (Fsp3) is 0.600. The first-order valence-electron chi connectivity index (χ1n) is 7.18. The maximum absolute atomic E-state index is 12.4. The summed E-state index contributed by atoms with van der Waals surface area (Å²) < 4.78 is 37.1. The number of nitrogens with zero attached hydrogens (tertiary/aromatic N) is 1. The van der Waals surface area contributed by atoms with Crippen molar-refractivity contribution in [1.82, 2.24) is 0 Å². The Labute approximate surface area is 123 Å². The second kappa shape index (κ2) is 6.23. The summed E-state index contributed by atoms with van der Waals surface area (Å²) in [6.07, 6.45) is -6.74. The van der Waals surface area contributed by atoms with Crippen molar-refractivity contribution >= 4 is 5.69 Å². The number of quaternary nitrogens is 1. The second-order valence-corrected chi connectivity index (χ2v) is 5.74. The molecule has 2 rings (SSSR count). The monoisotopic (exact) mass is 303 g/mol. The number of alkyl halides is 3. The molecule has 0 radical (unpaired) electrons. The number of rotatable bonds is 3. The highest BCUT2D eigenvalue weighted by molar-refractivity contribution is 5.58. The van der Waals surface area contributed by atoms with Crippen LogP contribution in [0.4, 0.5) is 18.9 Å². The minimum Gasteiger partial charge on any atom is -0.379 e. The molecule has 0 saturated carbocycles. The molecular formula is C15H22F3N2O+. The van der Waals surface area contributed by atoms with Crippen molar-refractivity contribution in [3.8, 4) is 0 Å². The Morgan fingerprint density at radius 1 is 1.19 bits per heavy atom. The first-order chi connectivity index (χ1) is 9.79. The van der Waals surface area contributed by atoms with E-state index in [-0.39, 0.29) is 6.54 Å². The fourth-order valence-corrected chi connectivity index (χ4v) is 2.94. The van der Waals surface area contributed by atoms with Gasteiger partial charge in [-0.15, -0.1) is 0 Å². The van der Waals surface area contributed by atoms with Crippen LogP contribution >= 0.6 is 0 Å². The van der Waals surface area contributed by atoms with Crippen LogP contribution in [0.5, 0.6) is 0 Å². The number of aliphatic hydroxyl groups is 1. The number of piperazine rings is 1. The van der Waals surface area contributed by atoms with E-state index in [0.29, 0.717) is 26.2 Å². The Morgan fingerprint density at radius 3 is 2.19 bits per heavy atom. The van der Waals surface area contributed by atoms with Gasteiger partial charge in [0.2, 0.25) is 0 Å². The molecule has 3 nitrogen and oxygen atoms in total. The summed E-state index contributed by atoms with van der Waals surface area (Å²) in [5.41, 5.74) is 3.57. The zero-order chi connectivity index (χ0) is 15.6. The molecule has 0 spiro atoms. The summed E-state index contributed by atoms with van der Waals surface area (Å²) in [7, 11) is 0. The number of anilines is 1. The molecule has 1 fully saturated rings. The van der Waals surface area contributed by atoms with Crippen LogP contribution < -0.4 is 9.80 Å². The SMILES string of the molecule is Cc1cccc(C)c1N1CC[NH+](C[C@H](O)C(F)(F)F)CC1. The van der Waals surface area contributed by atoms with Crippen LogP contribution in [0.15, 0.2) is 18.2 Å². The van der Waals surface area contributed by atoms with Crippen molar-refractivity contribution in [2.45, 2.75) is 26.1 Å². The summed E-state index contributed by atoms with van der Waals surface area (Å²) in [5, 5.41) is 9.15. The number of para-hydroxylation sites is 1. The fourth-order valence-electron chi connectivity index (χ4n) is 2.94. The van der Waals surface area contributed by atoms with Crippen molar-refractivity contribution in [2.24, 2.45) is 0 Å². The predicted octanol–water partition coefficient (Wildman–Crippen LogP) is 0.932. The normalized spacial score (nSPS) is 18.9. The molecular weight excluding hydrogens is 281 g/mol. The number of halogens is 3. The summed E-state index contributed by atoms with van der Waals surface area (Å²) in [6.45, 7) is 6.49. The van der Waals surface area contributed by atoms with Crippen LogP contribution in [0.2, 0.25) is 0 Å². The number of nitrogens with one attached hydrogen (secondary N) is 1. The lowest BCUT2D eigenvalue weighted by Gasteiger charge is -2.36. The molecule has 0 aromatic heterocycles. The van der Waals surface area contributed by atoms with Crippen LogP contribution in [-0.2, 0) is 0 Å². The van der Waals surface area contributed by atoms with Crippen LogP contribution in [0.1, 0.15) is 11.1 Å². The summed E-state index contributed by atoms with van der Waals surface area (Å²) >= 11 is 0. The Balaban J connectivity index is 1.95. The molecule has 1 aliphatic heterocycles. The third-order valence-electron chi connectivity index (χ3n) is 4.09. The van der Waals surface area contributed by atoms with E-state index >= 15 is 0 Å². The van der Waals surface area contributed by atoms with Crippen molar-refractivity contribution in [1.29, 1.82) is 0 Å². The van der Waals surface area contributed by atoms with E-state index in [1.165, 1.54) is 16.8 Å². The lowest BCUT2D eigenvalue weighted by atomic mass is 10.1. The van der Waals surface area contributed by atoms with Gasteiger partial charge in [-0.2, -0.15) is 13.2 Å². The van der Waals surface area contributed by atoms with E-state index in [4.69, 9.17) is 5.11 Å². The van der Waals surface area contributed by atoms with E-state index in [2.05, 4.69) is 30.9 Å². The quantitative estimate of drug-likeness (QED) is 0.869. The van der Waals surface area contributed by atoms with Gasteiger partial charge in [0.25, 0.3) is 0 Å². The molecule has 6 heteroatoms. The van der Waals surface area contributed by atoms with E-state index < -0.39 is 12.3 Å². The van der Waals surface area contributed by atoms with Crippen LogP contribution in [0.25, 0.3) is 0 Å². The Kier molecular flexibility index (Phi) is 4.78. The number of aliphatic hydroxyl groups excluding tert-OH is 1. The summed E-state index contributed by atoms with van der Waals surface area (Å²) in [4.78, 5) is 3.04. The number of hydrogen-bond acceptors (Lipinski definition) is 2. The summed E-state index contributed by atoms with van der Waals surface area (Å²) in [5.74, 6) is 0. The Bertz CT molecular complexity index is 462. The van der Waals surface area contributed by atoms with Gasteiger partial charge in [0, 0.05) is 5.69 Å². The van der Waals surface area contributed by atoms with Gasteiger partial charge in [-0.3, -0.25) is 0 Å². The molecule has 0 unspecified atom stereocenters.